The maximum atomic E-state index is 6.07. The van der Waals surface area contributed by atoms with Crippen LogP contribution >= 0.6 is 22.9 Å². The lowest BCUT2D eigenvalue weighted by Gasteiger charge is -2.09. The summed E-state index contributed by atoms with van der Waals surface area (Å²) < 4.78 is 6.86. The van der Waals surface area contributed by atoms with Gasteiger partial charge in [-0.05, 0) is 42.8 Å². The van der Waals surface area contributed by atoms with Crippen molar-refractivity contribution in [3.05, 3.63) is 46.4 Å². The van der Waals surface area contributed by atoms with Gasteiger partial charge in [-0.3, -0.25) is 0 Å². The van der Waals surface area contributed by atoms with Gasteiger partial charge in [0, 0.05) is 5.02 Å². The summed E-state index contributed by atoms with van der Waals surface area (Å²) in [5.41, 5.74) is 10.2. The number of hydrogen-bond donors (Lipinski definition) is 1. The fourth-order valence-corrected chi connectivity index (χ4v) is 2.64. The highest BCUT2D eigenvalue weighted by Crippen LogP contribution is 2.35. The number of halogens is 1. The zero-order valence-corrected chi connectivity index (χ0v) is 11.8. The number of aromatic nitrogens is 1. The standard InChI is InChI=1S/C14H11ClN2OS/c1-8-6-9(2-3-10(8)15)18-11-4-5-12-14(13(11)16)17-7-19-12/h2-7H,16H2,1H3. The summed E-state index contributed by atoms with van der Waals surface area (Å²) in [5.74, 6) is 1.32. The SMILES string of the molecule is Cc1cc(Oc2ccc3scnc3c2N)ccc1Cl. The maximum absolute atomic E-state index is 6.07. The molecule has 0 saturated heterocycles. The van der Waals surface area contributed by atoms with E-state index in [1.165, 1.54) is 0 Å². The molecule has 2 aromatic carbocycles. The van der Waals surface area contributed by atoms with Gasteiger partial charge in [-0.25, -0.2) is 4.98 Å². The van der Waals surface area contributed by atoms with E-state index in [0.29, 0.717) is 17.2 Å². The average molecular weight is 291 g/mol. The number of anilines is 1. The lowest BCUT2D eigenvalue weighted by atomic mass is 10.2. The van der Waals surface area contributed by atoms with Crippen molar-refractivity contribution >= 4 is 38.8 Å². The number of aryl methyl sites for hydroxylation is 1. The van der Waals surface area contributed by atoms with Crippen LogP contribution < -0.4 is 10.5 Å². The Bertz CT molecular complexity index is 754. The van der Waals surface area contributed by atoms with Crippen LogP contribution in [0.3, 0.4) is 0 Å². The number of nitrogen functional groups attached to an aromatic ring is 1. The van der Waals surface area contributed by atoms with Crippen molar-refractivity contribution in [3.8, 4) is 11.5 Å². The molecule has 1 aromatic heterocycles. The summed E-state index contributed by atoms with van der Waals surface area (Å²) in [5, 5.41) is 0.718. The van der Waals surface area contributed by atoms with Crippen molar-refractivity contribution in [3.63, 3.8) is 0 Å². The smallest absolute Gasteiger partial charge is 0.152 e. The number of thiazole rings is 1. The van der Waals surface area contributed by atoms with Crippen LogP contribution in [0.25, 0.3) is 10.2 Å². The third-order valence-corrected chi connectivity index (χ3v) is 4.08. The van der Waals surface area contributed by atoms with E-state index in [4.69, 9.17) is 22.1 Å². The number of nitrogens with zero attached hydrogens (tertiary/aromatic N) is 1. The molecule has 3 rings (SSSR count). The Morgan fingerprint density at radius 1 is 1.26 bits per heavy atom. The van der Waals surface area contributed by atoms with E-state index < -0.39 is 0 Å². The van der Waals surface area contributed by atoms with Gasteiger partial charge in [-0.1, -0.05) is 11.6 Å². The molecule has 2 N–H and O–H groups in total. The molecule has 0 atom stereocenters. The summed E-state index contributed by atoms with van der Waals surface area (Å²) in [6.07, 6.45) is 0. The zero-order chi connectivity index (χ0) is 13.4. The van der Waals surface area contributed by atoms with Crippen molar-refractivity contribution in [1.82, 2.24) is 4.98 Å². The Kier molecular flexibility index (Phi) is 3.05. The fourth-order valence-electron chi connectivity index (χ4n) is 1.83. The second-order valence-electron chi connectivity index (χ2n) is 4.19. The van der Waals surface area contributed by atoms with Crippen molar-refractivity contribution < 1.29 is 4.74 Å². The predicted octanol–water partition coefficient (Wildman–Crippen LogP) is 4.63. The molecule has 1 heterocycles. The molecule has 0 aliphatic rings. The first-order valence-corrected chi connectivity index (χ1v) is 6.96. The first-order valence-electron chi connectivity index (χ1n) is 5.71. The highest BCUT2D eigenvalue weighted by atomic mass is 35.5. The Hall–Kier alpha value is -1.78. The van der Waals surface area contributed by atoms with Crippen molar-refractivity contribution in [2.45, 2.75) is 6.92 Å². The fraction of sp³-hybridized carbons (Fsp3) is 0.0714. The van der Waals surface area contributed by atoms with E-state index in [0.717, 1.165) is 20.8 Å². The lowest BCUT2D eigenvalue weighted by Crippen LogP contribution is -1.93. The molecular formula is C14H11ClN2OS. The lowest BCUT2D eigenvalue weighted by molar-refractivity contribution is 0.485. The van der Waals surface area contributed by atoms with Crippen LogP contribution in [0.15, 0.2) is 35.8 Å². The second-order valence-corrected chi connectivity index (χ2v) is 5.48. The molecule has 0 aliphatic heterocycles. The number of ether oxygens (including phenoxy) is 1. The monoisotopic (exact) mass is 290 g/mol. The molecule has 3 nitrogen and oxygen atoms in total. The number of nitrogens with two attached hydrogens (primary N) is 1. The molecule has 0 amide bonds. The van der Waals surface area contributed by atoms with E-state index in [1.807, 2.05) is 37.3 Å². The van der Waals surface area contributed by atoms with Gasteiger partial charge in [-0.2, -0.15) is 0 Å². The van der Waals surface area contributed by atoms with Crippen LogP contribution in [0, 0.1) is 6.92 Å². The number of fused-ring (bicyclic) bond motifs is 1. The first-order chi connectivity index (χ1) is 9.15. The summed E-state index contributed by atoms with van der Waals surface area (Å²) >= 11 is 7.55. The molecule has 96 valence electrons. The third-order valence-electron chi connectivity index (χ3n) is 2.86. The van der Waals surface area contributed by atoms with Crippen molar-refractivity contribution in [2.75, 3.05) is 5.73 Å². The topological polar surface area (TPSA) is 48.1 Å². The average Bonchev–Trinajstić information content (AvgIpc) is 2.86. The Morgan fingerprint density at radius 2 is 2.11 bits per heavy atom. The zero-order valence-electron chi connectivity index (χ0n) is 10.2. The Morgan fingerprint density at radius 3 is 2.89 bits per heavy atom. The van der Waals surface area contributed by atoms with Crippen LogP contribution in [0.2, 0.25) is 5.02 Å². The van der Waals surface area contributed by atoms with E-state index in [9.17, 15) is 0 Å². The molecule has 0 bridgehead atoms. The van der Waals surface area contributed by atoms with E-state index >= 15 is 0 Å². The van der Waals surface area contributed by atoms with E-state index in [2.05, 4.69) is 4.98 Å². The van der Waals surface area contributed by atoms with Gasteiger partial charge in [-0.15, -0.1) is 11.3 Å². The first kappa shape index (κ1) is 12.3. The van der Waals surface area contributed by atoms with Gasteiger partial charge in [0.15, 0.2) is 5.75 Å². The molecule has 0 aliphatic carbocycles. The van der Waals surface area contributed by atoms with Crippen LogP contribution in [0.5, 0.6) is 11.5 Å². The predicted molar refractivity (Wildman–Crippen MR) is 80.3 cm³/mol. The Labute approximate surface area is 119 Å². The van der Waals surface area contributed by atoms with Crippen molar-refractivity contribution in [2.24, 2.45) is 0 Å². The Balaban J connectivity index is 2.00. The summed E-state index contributed by atoms with van der Waals surface area (Å²) in [6, 6.07) is 9.33. The third kappa shape index (κ3) is 2.25. The molecule has 3 aromatic rings. The number of rotatable bonds is 2. The normalized spacial score (nSPS) is 10.8. The summed E-state index contributed by atoms with van der Waals surface area (Å²) in [4.78, 5) is 4.24. The van der Waals surface area contributed by atoms with Crippen molar-refractivity contribution in [1.29, 1.82) is 0 Å². The maximum Gasteiger partial charge on any atom is 0.152 e. The molecule has 5 heteroatoms. The molecule has 0 spiro atoms. The molecule has 0 radical (unpaired) electrons. The highest BCUT2D eigenvalue weighted by Gasteiger charge is 2.09. The molecule has 0 fully saturated rings. The van der Waals surface area contributed by atoms with Gasteiger partial charge in [0.1, 0.15) is 17.0 Å². The van der Waals surface area contributed by atoms with Gasteiger partial charge >= 0.3 is 0 Å². The van der Waals surface area contributed by atoms with Crippen LogP contribution in [0.4, 0.5) is 5.69 Å². The van der Waals surface area contributed by atoms with Gasteiger partial charge < -0.3 is 10.5 Å². The van der Waals surface area contributed by atoms with E-state index in [1.54, 1.807) is 16.8 Å². The largest absolute Gasteiger partial charge is 0.455 e. The quantitative estimate of drug-likeness (QED) is 0.700. The molecule has 0 saturated carbocycles. The minimum atomic E-state index is 0.561. The van der Waals surface area contributed by atoms with Crippen LogP contribution in [0.1, 0.15) is 5.56 Å². The number of hydrogen-bond acceptors (Lipinski definition) is 4. The van der Waals surface area contributed by atoms with Gasteiger partial charge in [0.05, 0.1) is 10.2 Å². The van der Waals surface area contributed by atoms with Crippen LogP contribution in [-0.2, 0) is 0 Å². The van der Waals surface area contributed by atoms with Gasteiger partial charge in [0.2, 0.25) is 0 Å². The molecule has 19 heavy (non-hydrogen) atoms. The summed E-state index contributed by atoms with van der Waals surface area (Å²) in [6.45, 7) is 1.93. The van der Waals surface area contributed by atoms with Crippen LogP contribution in [-0.4, -0.2) is 4.98 Å². The summed E-state index contributed by atoms with van der Waals surface area (Å²) in [7, 11) is 0. The second kappa shape index (κ2) is 4.72. The minimum Gasteiger partial charge on any atom is -0.455 e. The highest BCUT2D eigenvalue weighted by molar-refractivity contribution is 7.16. The molecule has 0 unspecified atom stereocenters. The van der Waals surface area contributed by atoms with Gasteiger partial charge in [0.25, 0.3) is 0 Å². The molecular weight excluding hydrogens is 280 g/mol. The minimum absolute atomic E-state index is 0.561. The van der Waals surface area contributed by atoms with E-state index in [-0.39, 0.29) is 0 Å². The number of benzene rings is 2.